The smallest absolute Gasteiger partial charge is 0.142 e. The number of anilines is 1. The molecule has 0 aliphatic rings. The van der Waals surface area contributed by atoms with E-state index in [1.165, 1.54) is 12.1 Å². The van der Waals surface area contributed by atoms with Gasteiger partial charge in [0.15, 0.2) is 0 Å². The standard InChI is InChI=1S/C21H13N5O/c22-9-15-19(12-5-7-13(27)8-6-12)16(10-23)21(24)26-20(15)17-11-25-18-4-2-1-3-14(17)18/h1-8,11,25,27H,(H2,24,26). The largest absolute Gasteiger partial charge is 0.508 e. The van der Waals surface area contributed by atoms with Crippen LogP contribution in [0.3, 0.4) is 0 Å². The van der Waals surface area contributed by atoms with E-state index < -0.39 is 0 Å². The third-order valence-electron chi connectivity index (χ3n) is 4.45. The van der Waals surface area contributed by atoms with Gasteiger partial charge in [0.25, 0.3) is 0 Å². The minimum atomic E-state index is 0.0554. The van der Waals surface area contributed by atoms with Crippen molar-refractivity contribution in [3.05, 3.63) is 65.9 Å². The molecule has 0 saturated heterocycles. The van der Waals surface area contributed by atoms with Crippen molar-refractivity contribution in [3.63, 3.8) is 0 Å². The van der Waals surface area contributed by atoms with Gasteiger partial charge in [-0.05, 0) is 23.8 Å². The maximum atomic E-state index is 9.90. The molecule has 4 aromatic rings. The third-order valence-corrected chi connectivity index (χ3v) is 4.45. The van der Waals surface area contributed by atoms with Crippen LogP contribution in [0.1, 0.15) is 11.1 Å². The number of aromatic amines is 1. The Kier molecular flexibility index (Phi) is 3.73. The summed E-state index contributed by atoms with van der Waals surface area (Å²) in [5.74, 6) is 0.148. The number of phenols is 1. The Morgan fingerprint density at radius 3 is 2.37 bits per heavy atom. The fourth-order valence-electron chi connectivity index (χ4n) is 3.20. The summed E-state index contributed by atoms with van der Waals surface area (Å²) < 4.78 is 0. The van der Waals surface area contributed by atoms with Gasteiger partial charge in [-0.2, -0.15) is 10.5 Å². The van der Waals surface area contributed by atoms with Crippen molar-refractivity contribution in [2.24, 2.45) is 0 Å². The number of nitrogens with two attached hydrogens (primary N) is 1. The van der Waals surface area contributed by atoms with Gasteiger partial charge in [-0.1, -0.05) is 30.3 Å². The van der Waals surface area contributed by atoms with Crippen molar-refractivity contribution in [1.29, 1.82) is 10.5 Å². The maximum Gasteiger partial charge on any atom is 0.142 e. The second-order valence-electron chi connectivity index (χ2n) is 5.99. The summed E-state index contributed by atoms with van der Waals surface area (Å²) in [6.45, 7) is 0. The number of hydrogen-bond donors (Lipinski definition) is 3. The fourth-order valence-corrected chi connectivity index (χ4v) is 3.20. The monoisotopic (exact) mass is 351 g/mol. The third kappa shape index (κ3) is 2.53. The van der Waals surface area contributed by atoms with E-state index in [1.54, 1.807) is 18.3 Å². The van der Waals surface area contributed by atoms with Crippen molar-refractivity contribution in [1.82, 2.24) is 9.97 Å². The Morgan fingerprint density at radius 1 is 0.963 bits per heavy atom. The summed E-state index contributed by atoms with van der Waals surface area (Å²) in [6, 6.07) is 18.2. The van der Waals surface area contributed by atoms with Crippen LogP contribution in [-0.2, 0) is 0 Å². The number of nitrogens with zero attached hydrogens (tertiary/aromatic N) is 3. The lowest BCUT2D eigenvalue weighted by Crippen LogP contribution is -2.03. The number of nitrogens with one attached hydrogen (secondary N) is 1. The SMILES string of the molecule is N#Cc1c(N)nc(-c2c[nH]c3ccccc23)c(C#N)c1-c1ccc(O)cc1. The highest BCUT2D eigenvalue weighted by atomic mass is 16.3. The number of phenolic OH excluding ortho intramolecular Hbond substituents is 1. The van der Waals surface area contributed by atoms with Crippen LogP contribution < -0.4 is 5.73 Å². The van der Waals surface area contributed by atoms with Crippen LogP contribution in [0, 0.1) is 22.7 Å². The molecule has 0 saturated carbocycles. The van der Waals surface area contributed by atoms with E-state index in [0.717, 1.165) is 16.5 Å². The van der Waals surface area contributed by atoms with Gasteiger partial charge in [0.1, 0.15) is 29.3 Å². The van der Waals surface area contributed by atoms with Crippen LogP contribution in [-0.4, -0.2) is 15.1 Å². The zero-order chi connectivity index (χ0) is 19.0. The predicted octanol–water partition coefficient (Wildman–Crippen LogP) is 3.93. The number of aromatic hydroxyl groups is 1. The molecule has 2 aromatic heterocycles. The zero-order valence-corrected chi connectivity index (χ0v) is 14.1. The number of nitrogen functional groups attached to an aromatic ring is 1. The van der Waals surface area contributed by atoms with Crippen molar-refractivity contribution >= 4 is 16.7 Å². The number of nitriles is 2. The van der Waals surface area contributed by atoms with Gasteiger partial charge in [-0.15, -0.1) is 0 Å². The average molecular weight is 351 g/mol. The number of hydrogen-bond acceptors (Lipinski definition) is 5. The number of para-hydroxylation sites is 1. The number of fused-ring (bicyclic) bond motifs is 1. The summed E-state index contributed by atoms with van der Waals surface area (Å²) in [7, 11) is 0. The molecule has 0 radical (unpaired) electrons. The second kappa shape index (κ2) is 6.21. The highest BCUT2D eigenvalue weighted by Gasteiger charge is 2.22. The molecule has 4 N–H and O–H groups in total. The fraction of sp³-hybridized carbons (Fsp3) is 0. The lowest BCUT2D eigenvalue weighted by Gasteiger charge is -2.13. The number of pyridine rings is 1. The van der Waals surface area contributed by atoms with Crippen molar-refractivity contribution in [3.8, 4) is 40.3 Å². The van der Waals surface area contributed by atoms with Crippen LogP contribution in [0.5, 0.6) is 5.75 Å². The normalized spacial score (nSPS) is 10.4. The second-order valence-corrected chi connectivity index (χ2v) is 5.99. The summed E-state index contributed by atoms with van der Waals surface area (Å²) in [4.78, 5) is 7.54. The Hall–Kier alpha value is -4.29. The van der Waals surface area contributed by atoms with Crippen LogP contribution in [0.2, 0.25) is 0 Å². The van der Waals surface area contributed by atoms with E-state index in [0.29, 0.717) is 16.8 Å². The van der Waals surface area contributed by atoms with Gasteiger partial charge in [0.05, 0.1) is 11.3 Å². The van der Waals surface area contributed by atoms with E-state index in [4.69, 9.17) is 5.73 Å². The minimum absolute atomic E-state index is 0.0554. The number of benzene rings is 2. The number of rotatable bonds is 2. The summed E-state index contributed by atoms with van der Waals surface area (Å²) in [5, 5.41) is 30.0. The van der Waals surface area contributed by atoms with Gasteiger partial charge < -0.3 is 15.8 Å². The van der Waals surface area contributed by atoms with Gasteiger partial charge >= 0.3 is 0 Å². The molecular formula is C21H13N5O. The molecule has 6 nitrogen and oxygen atoms in total. The van der Waals surface area contributed by atoms with Gasteiger partial charge in [0.2, 0.25) is 0 Å². The molecule has 128 valence electrons. The van der Waals surface area contributed by atoms with E-state index >= 15 is 0 Å². The number of H-pyrrole nitrogens is 1. The molecule has 0 amide bonds. The van der Waals surface area contributed by atoms with Gasteiger partial charge in [0, 0.05) is 28.2 Å². The van der Waals surface area contributed by atoms with Gasteiger partial charge in [-0.25, -0.2) is 4.98 Å². The van der Waals surface area contributed by atoms with E-state index in [9.17, 15) is 15.6 Å². The molecule has 2 heterocycles. The van der Waals surface area contributed by atoms with E-state index in [1.807, 2.05) is 24.3 Å². The molecule has 0 bridgehead atoms. The van der Waals surface area contributed by atoms with Crippen LogP contribution in [0.25, 0.3) is 33.3 Å². The summed E-state index contributed by atoms with van der Waals surface area (Å²) in [6.07, 6.45) is 1.78. The van der Waals surface area contributed by atoms with Crippen LogP contribution in [0.15, 0.2) is 54.7 Å². The lowest BCUT2D eigenvalue weighted by molar-refractivity contribution is 0.475. The molecule has 0 aliphatic carbocycles. The molecule has 27 heavy (non-hydrogen) atoms. The molecule has 0 fully saturated rings. The minimum Gasteiger partial charge on any atom is -0.508 e. The number of aromatic nitrogens is 2. The molecular weight excluding hydrogens is 338 g/mol. The van der Waals surface area contributed by atoms with Crippen molar-refractivity contribution < 1.29 is 5.11 Å². The molecule has 0 aliphatic heterocycles. The molecule has 2 aromatic carbocycles. The van der Waals surface area contributed by atoms with Crippen LogP contribution in [0.4, 0.5) is 5.82 Å². The summed E-state index contributed by atoms with van der Waals surface area (Å²) >= 11 is 0. The lowest BCUT2D eigenvalue weighted by atomic mass is 9.92. The first-order valence-electron chi connectivity index (χ1n) is 8.13. The Balaban J connectivity index is 2.09. The van der Waals surface area contributed by atoms with Crippen molar-refractivity contribution in [2.45, 2.75) is 0 Å². The van der Waals surface area contributed by atoms with E-state index in [-0.39, 0.29) is 22.7 Å². The molecule has 0 spiro atoms. The highest BCUT2D eigenvalue weighted by molar-refractivity contribution is 5.98. The molecule has 6 heteroatoms. The van der Waals surface area contributed by atoms with E-state index in [2.05, 4.69) is 22.1 Å². The Labute approximate surface area is 154 Å². The highest BCUT2D eigenvalue weighted by Crippen LogP contribution is 2.38. The van der Waals surface area contributed by atoms with Crippen molar-refractivity contribution in [2.75, 3.05) is 5.73 Å². The molecule has 0 unspecified atom stereocenters. The van der Waals surface area contributed by atoms with Crippen LogP contribution >= 0.6 is 0 Å². The quantitative estimate of drug-likeness (QED) is 0.505. The topological polar surface area (TPSA) is 123 Å². The Morgan fingerprint density at radius 2 is 1.67 bits per heavy atom. The van der Waals surface area contributed by atoms with Gasteiger partial charge in [-0.3, -0.25) is 0 Å². The Bertz CT molecular complexity index is 1260. The first-order chi connectivity index (χ1) is 13.1. The molecule has 0 atom stereocenters. The summed E-state index contributed by atoms with van der Waals surface area (Å²) in [5.41, 5.74) is 9.54. The zero-order valence-electron chi connectivity index (χ0n) is 14.1. The molecule has 4 rings (SSSR count). The average Bonchev–Trinajstić information content (AvgIpc) is 3.12. The first-order valence-corrected chi connectivity index (χ1v) is 8.13. The maximum absolute atomic E-state index is 9.90. The first kappa shape index (κ1) is 16.2. The predicted molar refractivity (Wildman–Crippen MR) is 102 cm³/mol.